The van der Waals surface area contributed by atoms with E-state index in [4.69, 9.17) is 0 Å². The van der Waals surface area contributed by atoms with E-state index in [1.807, 2.05) is 0 Å². The molecule has 0 unspecified atom stereocenters. The van der Waals surface area contributed by atoms with Crippen LogP contribution in [0.5, 0.6) is 0 Å². The van der Waals surface area contributed by atoms with Gasteiger partial charge in [0.2, 0.25) is 11.7 Å². The van der Waals surface area contributed by atoms with E-state index in [0.717, 1.165) is 0 Å². The Balaban J connectivity index is 2.12. The number of nitro groups is 1. The molecule has 6 nitrogen and oxygen atoms in total. The molecule has 1 amide bonds. The Labute approximate surface area is 106 Å². The lowest BCUT2D eigenvalue weighted by Gasteiger charge is -2.26. The molecule has 0 bridgehead atoms. The lowest BCUT2D eigenvalue weighted by molar-refractivity contribution is -0.387. The summed E-state index contributed by atoms with van der Waals surface area (Å²) in [6, 6.07) is 1.07. The molecule has 0 saturated carbocycles. The van der Waals surface area contributed by atoms with Crippen molar-refractivity contribution in [3.63, 3.8) is 0 Å². The van der Waals surface area contributed by atoms with Crippen molar-refractivity contribution in [2.24, 2.45) is 5.92 Å². The Kier molecular flexibility index (Phi) is 3.70. The molecule has 1 aromatic rings. The third-order valence-electron chi connectivity index (χ3n) is 2.85. The molecule has 2 rings (SSSR count). The highest BCUT2D eigenvalue weighted by Crippen LogP contribution is 2.25. The standard InChI is InChI=1S/C11H11F2N3O3/c12-7-2-8(13)10(16(18)19)3-9(7)15-11(17)1-6-4-14-5-6/h2-3,6,14H,1,4-5H2,(H,15,17). The van der Waals surface area contributed by atoms with Crippen LogP contribution in [0.2, 0.25) is 0 Å². The smallest absolute Gasteiger partial charge is 0.307 e. The van der Waals surface area contributed by atoms with Gasteiger partial charge in [0, 0.05) is 18.6 Å². The molecule has 8 heteroatoms. The van der Waals surface area contributed by atoms with E-state index in [-0.39, 0.29) is 18.0 Å². The number of carbonyl (C=O) groups is 1. The number of carbonyl (C=O) groups excluding carboxylic acids is 1. The molecule has 0 atom stereocenters. The molecule has 0 radical (unpaired) electrons. The van der Waals surface area contributed by atoms with Gasteiger partial charge in [0.15, 0.2) is 0 Å². The minimum absolute atomic E-state index is 0.179. The van der Waals surface area contributed by atoms with E-state index < -0.39 is 28.2 Å². The third-order valence-corrected chi connectivity index (χ3v) is 2.85. The van der Waals surface area contributed by atoms with Gasteiger partial charge in [-0.25, -0.2) is 4.39 Å². The third kappa shape index (κ3) is 3.02. The molecule has 1 aliphatic heterocycles. The second-order valence-electron chi connectivity index (χ2n) is 4.32. The van der Waals surface area contributed by atoms with Crippen LogP contribution in [0.25, 0.3) is 0 Å². The van der Waals surface area contributed by atoms with Crippen molar-refractivity contribution in [3.8, 4) is 0 Å². The summed E-state index contributed by atoms with van der Waals surface area (Å²) in [5.41, 5.74) is -1.26. The van der Waals surface area contributed by atoms with E-state index >= 15 is 0 Å². The summed E-state index contributed by atoms with van der Waals surface area (Å²) in [7, 11) is 0. The first-order chi connectivity index (χ1) is 8.97. The molecule has 0 spiro atoms. The van der Waals surface area contributed by atoms with Crippen LogP contribution in [0, 0.1) is 27.7 Å². The highest BCUT2D eigenvalue weighted by molar-refractivity contribution is 5.91. The predicted octanol–water partition coefficient (Wildman–Crippen LogP) is 1.42. The summed E-state index contributed by atoms with van der Waals surface area (Å²) in [5.74, 6) is -2.59. The molecule has 19 heavy (non-hydrogen) atoms. The van der Waals surface area contributed by atoms with Crippen LogP contribution in [0.3, 0.4) is 0 Å². The van der Waals surface area contributed by atoms with Crippen molar-refractivity contribution in [1.82, 2.24) is 5.32 Å². The van der Waals surface area contributed by atoms with Gasteiger partial charge in [-0.05, 0) is 19.0 Å². The van der Waals surface area contributed by atoms with Crippen LogP contribution in [0.4, 0.5) is 20.2 Å². The topological polar surface area (TPSA) is 84.3 Å². The van der Waals surface area contributed by atoms with E-state index in [1.165, 1.54) is 0 Å². The van der Waals surface area contributed by atoms with Crippen molar-refractivity contribution >= 4 is 17.3 Å². The maximum Gasteiger partial charge on any atom is 0.307 e. The summed E-state index contributed by atoms with van der Waals surface area (Å²) in [6.45, 7) is 1.42. The number of nitro benzene ring substituents is 1. The van der Waals surface area contributed by atoms with Gasteiger partial charge in [0.05, 0.1) is 10.6 Å². The van der Waals surface area contributed by atoms with Gasteiger partial charge < -0.3 is 10.6 Å². The van der Waals surface area contributed by atoms with E-state index in [0.29, 0.717) is 25.2 Å². The maximum atomic E-state index is 13.4. The zero-order chi connectivity index (χ0) is 14.0. The fourth-order valence-electron chi connectivity index (χ4n) is 1.73. The van der Waals surface area contributed by atoms with Crippen LogP contribution in [0.1, 0.15) is 6.42 Å². The van der Waals surface area contributed by atoms with Crippen LogP contribution >= 0.6 is 0 Å². The minimum atomic E-state index is -1.27. The number of nitrogens with zero attached hydrogens (tertiary/aromatic N) is 1. The minimum Gasteiger partial charge on any atom is -0.323 e. The number of benzene rings is 1. The molecule has 2 N–H and O–H groups in total. The van der Waals surface area contributed by atoms with Gasteiger partial charge in [-0.2, -0.15) is 4.39 Å². The van der Waals surface area contributed by atoms with Gasteiger partial charge in [0.25, 0.3) is 0 Å². The Morgan fingerprint density at radius 2 is 2.11 bits per heavy atom. The van der Waals surface area contributed by atoms with Crippen molar-refractivity contribution in [2.75, 3.05) is 18.4 Å². The van der Waals surface area contributed by atoms with Crippen LogP contribution in [-0.2, 0) is 4.79 Å². The number of rotatable bonds is 4. The zero-order valence-corrected chi connectivity index (χ0v) is 9.78. The monoisotopic (exact) mass is 271 g/mol. The van der Waals surface area contributed by atoms with E-state index in [9.17, 15) is 23.7 Å². The highest BCUT2D eigenvalue weighted by Gasteiger charge is 2.23. The maximum absolute atomic E-state index is 13.4. The van der Waals surface area contributed by atoms with Crippen molar-refractivity contribution < 1.29 is 18.5 Å². The van der Waals surface area contributed by atoms with E-state index in [1.54, 1.807) is 0 Å². The summed E-state index contributed by atoms with van der Waals surface area (Å²) >= 11 is 0. The Hall–Kier alpha value is -2.09. The quantitative estimate of drug-likeness (QED) is 0.640. The number of anilines is 1. The van der Waals surface area contributed by atoms with Crippen molar-refractivity contribution in [1.29, 1.82) is 0 Å². The van der Waals surface area contributed by atoms with Gasteiger partial charge in [0.1, 0.15) is 5.82 Å². The van der Waals surface area contributed by atoms with Crippen LogP contribution in [-0.4, -0.2) is 23.9 Å². The number of halogens is 2. The van der Waals surface area contributed by atoms with Crippen molar-refractivity contribution in [2.45, 2.75) is 6.42 Å². The molecule has 1 heterocycles. The molecule has 1 aromatic carbocycles. The number of hydrogen-bond donors (Lipinski definition) is 2. The lowest BCUT2D eigenvalue weighted by atomic mass is 9.99. The van der Waals surface area contributed by atoms with Gasteiger partial charge in [-0.15, -0.1) is 0 Å². The molecule has 0 aliphatic carbocycles. The Morgan fingerprint density at radius 1 is 1.42 bits per heavy atom. The molecule has 1 fully saturated rings. The molecular formula is C11H11F2N3O3. The molecule has 1 aliphatic rings. The molecule has 102 valence electrons. The predicted molar refractivity (Wildman–Crippen MR) is 62.6 cm³/mol. The lowest BCUT2D eigenvalue weighted by Crippen LogP contribution is -2.43. The van der Waals surface area contributed by atoms with Crippen LogP contribution in [0.15, 0.2) is 12.1 Å². The average molecular weight is 271 g/mol. The number of amides is 1. The number of nitrogens with one attached hydrogen (secondary N) is 2. The first kappa shape index (κ1) is 13.3. The first-order valence-electron chi connectivity index (χ1n) is 5.61. The molecule has 1 saturated heterocycles. The molecular weight excluding hydrogens is 260 g/mol. The summed E-state index contributed by atoms with van der Waals surface area (Å²) < 4.78 is 26.5. The Bertz CT molecular complexity index is 532. The SMILES string of the molecule is O=C(CC1CNC1)Nc1cc([N+](=O)[O-])c(F)cc1F. The fraction of sp³-hybridized carbons (Fsp3) is 0.364. The van der Waals surface area contributed by atoms with E-state index in [2.05, 4.69) is 10.6 Å². The second kappa shape index (κ2) is 5.27. The molecule has 0 aromatic heterocycles. The van der Waals surface area contributed by atoms with Gasteiger partial charge >= 0.3 is 5.69 Å². The Morgan fingerprint density at radius 3 is 2.63 bits per heavy atom. The van der Waals surface area contributed by atoms with Crippen LogP contribution < -0.4 is 10.6 Å². The number of hydrogen-bond acceptors (Lipinski definition) is 4. The van der Waals surface area contributed by atoms with Gasteiger partial charge in [-0.1, -0.05) is 0 Å². The largest absolute Gasteiger partial charge is 0.323 e. The highest BCUT2D eigenvalue weighted by atomic mass is 19.1. The summed E-state index contributed by atoms with van der Waals surface area (Å²) in [6.07, 6.45) is 0.192. The fourth-order valence-corrected chi connectivity index (χ4v) is 1.73. The van der Waals surface area contributed by atoms with Gasteiger partial charge in [-0.3, -0.25) is 14.9 Å². The normalized spacial score (nSPS) is 14.8. The second-order valence-corrected chi connectivity index (χ2v) is 4.32. The average Bonchev–Trinajstić information content (AvgIpc) is 2.27. The van der Waals surface area contributed by atoms with Crippen molar-refractivity contribution in [3.05, 3.63) is 33.9 Å². The summed E-state index contributed by atoms with van der Waals surface area (Å²) in [4.78, 5) is 21.1. The zero-order valence-electron chi connectivity index (χ0n) is 9.78. The first-order valence-corrected chi connectivity index (χ1v) is 5.61. The summed E-state index contributed by atoms with van der Waals surface area (Å²) in [5, 5.41) is 15.7.